The maximum absolute atomic E-state index is 14.1. The van der Waals surface area contributed by atoms with Crippen molar-refractivity contribution < 1.29 is 41.0 Å². The van der Waals surface area contributed by atoms with Gasteiger partial charge in [-0.3, -0.25) is 9.59 Å². The number of alkyl halides is 6. The zero-order chi connectivity index (χ0) is 32.4. The summed E-state index contributed by atoms with van der Waals surface area (Å²) in [6.45, 7) is 5.06. The van der Waals surface area contributed by atoms with Gasteiger partial charge >= 0.3 is 12.4 Å². The van der Waals surface area contributed by atoms with E-state index in [9.17, 15) is 41.0 Å². The average Bonchev–Trinajstić information content (AvgIpc) is 3.23. The SMILES string of the molecule is Cc1ccc(S[C@]2(C(=O)NCC(C)C)CC(=O)N(Cc3cc(C(F)(F)F)cc(C(F)(F)F)c3)[C@@H]2c2ccc(CO)cc2)cc1. The van der Waals surface area contributed by atoms with E-state index in [1.807, 2.05) is 32.9 Å². The molecule has 236 valence electrons. The van der Waals surface area contributed by atoms with E-state index in [4.69, 9.17) is 0 Å². The van der Waals surface area contributed by atoms with Crippen molar-refractivity contribution in [2.45, 2.75) is 68.4 Å². The predicted molar refractivity (Wildman–Crippen MR) is 154 cm³/mol. The molecule has 2 atom stereocenters. The van der Waals surface area contributed by atoms with Crippen molar-refractivity contribution in [3.05, 3.63) is 100 Å². The Labute approximate surface area is 255 Å². The molecule has 12 heteroatoms. The molecule has 44 heavy (non-hydrogen) atoms. The maximum atomic E-state index is 14.1. The van der Waals surface area contributed by atoms with Gasteiger partial charge in [0.25, 0.3) is 0 Å². The molecule has 2 N–H and O–H groups in total. The fourth-order valence-electron chi connectivity index (χ4n) is 5.17. The number of nitrogens with one attached hydrogen (secondary N) is 1. The highest BCUT2D eigenvalue weighted by Gasteiger charge is 2.58. The summed E-state index contributed by atoms with van der Waals surface area (Å²) in [7, 11) is 0. The fourth-order valence-corrected chi connectivity index (χ4v) is 6.59. The van der Waals surface area contributed by atoms with Gasteiger partial charge in [-0.15, -0.1) is 11.8 Å². The van der Waals surface area contributed by atoms with Crippen molar-refractivity contribution in [1.29, 1.82) is 0 Å². The standard InChI is InChI=1S/C32H32F6N2O3S/c1-19(2)16-39-29(43)30(44-26-10-4-20(3)5-11-26)15-27(42)40(28(30)23-8-6-21(18-41)7-9-23)17-22-12-24(31(33,34)35)14-25(13-22)32(36,37)38/h4-14,19,28,41H,15-18H2,1-3H3,(H,39,43)/t28-,30-/m1/s1. The average molecular weight is 639 g/mol. The lowest BCUT2D eigenvalue weighted by molar-refractivity contribution is -0.143. The molecule has 1 heterocycles. The summed E-state index contributed by atoms with van der Waals surface area (Å²) in [6.07, 6.45) is -10.5. The zero-order valence-electron chi connectivity index (χ0n) is 24.2. The normalized spacial score (nSPS) is 19.1. The Kier molecular flexibility index (Phi) is 9.75. The molecule has 0 aromatic heterocycles. The number of benzene rings is 3. The van der Waals surface area contributed by atoms with Crippen LogP contribution in [0.1, 0.15) is 59.7 Å². The molecular weight excluding hydrogens is 606 g/mol. The molecule has 4 rings (SSSR count). The van der Waals surface area contributed by atoms with Crippen LogP contribution in [-0.2, 0) is 35.1 Å². The van der Waals surface area contributed by atoms with Crippen molar-refractivity contribution in [2.24, 2.45) is 5.92 Å². The summed E-state index contributed by atoms with van der Waals surface area (Å²) in [5.41, 5.74) is -1.43. The number of halogens is 6. The Bertz CT molecular complexity index is 1460. The summed E-state index contributed by atoms with van der Waals surface area (Å²) >= 11 is 1.13. The van der Waals surface area contributed by atoms with Crippen LogP contribution in [0, 0.1) is 12.8 Å². The van der Waals surface area contributed by atoms with Crippen molar-refractivity contribution in [3.63, 3.8) is 0 Å². The van der Waals surface area contributed by atoms with E-state index in [-0.39, 0.29) is 37.1 Å². The van der Waals surface area contributed by atoms with Crippen molar-refractivity contribution >= 4 is 23.6 Å². The third kappa shape index (κ3) is 7.40. The molecule has 3 aromatic rings. The van der Waals surface area contributed by atoms with Gasteiger partial charge in [-0.2, -0.15) is 26.3 Å². The van der Waals surface area contributed by atoms with E-state index in [1.54, 1.807) is 36.4 Å². The van der Waals surface area contributed by atoms with Crippen LogP contribution >= 0.6 is 11.8 Å². The van der Waals surface area contributed by atoms with E-state index < -0.39 is 52.6 Å². The van der Waals surface area contributed by atoms with E-state index in [0.717, 1.165) is 17.3 Å². The number of aryl methyl sites for hydroxylation is 1. The number of carbonyl (C=O) groups is 2. The van der Waals surface area contributed by atoms with Crippen molar-refractivity contribution in [2.75, 3.05) is 6.54 Å². The van der Waals surface area contributed by atoms with Gasteiger partial charge in [0.05, 0.1) is 30.2 Å². The van der Waals surface area contributed by atoms with Crippen LogP contribution in [-0.4, -0.2) is 33.1 Å². The minimum atomic E-state index is -5.06. The molecule has 0 aliphatic carbocycles. The van der Waals surface area contributed by atoms with Crippen LogP contribution in [0.5, 0.6) is 0 Å². The predicted octanol–water partition coefficient (Wildman–Crippen LogP) is 7.30. The first kappa shape index (κ1) is 33.4. The van der Waals surface area contributed by atoms with E-state index in [0.29, 0.717) is 28.2 Å². The summed E-state index contributed by atoms with van der Waals surface area (Å²) in [4.78, 5) is 29.7. The van der Waals surface area contributed by atoms with Gasteiger partial charge in [-0.05, 0) is 59.9 Å². The number of nitrogens with zero attached hydrogens (tertiary/aromatic N) is 1. The summed E-state index contributed by atoms with van der Waals surface area (Å²) in [5.74, 6) is -1.03. The Balaban J connectivity index is 1.89. The van der Waals surface area contributed by atoms with Crippen LogP contribution in [0.25, 0.3) is 0 Å². The molecular formula is C32H32F6N2O3S. The number of thioether (sulfide) groups is 1. The van der Waals surface area contributed by atoms with Crippen molar-refractivity contribution in [1.82, 2.24) is 10.2 Å². The maximum Gasteiger partial charge on any atom is 0.416 e. The largest absolute Gasteiger partial charge is 0.416 e. The zero-order valence-corrected chi connectivity index (χ0v) is 25.0. The molecule has 2 amide bonds. The van der Waals surface area contributed by atoms with Gasteiger partial charge in [0.1, 0.15) is 4.75 Å². The molecule has 1 aliphatic rings. The number of rotatable bonds is 9. The van der Waals surface area contributed by atoms with E-state index in [2.05, 4.69) is 5.32 Å². The molecule has 0 spiro atoms. The quantitative estimate of drug-likeness (QED) is 0.242. The van der Waals surface area contributed by atoms with Gasteiger partial charge in [0, 0.05) is 18.0 Å². The Morgan fingerprint density at radius 1 is 0.955 bits per heavy atom. The number of likely N-dealkylation sites (tertiary alicyclic amines) is 1. The molecule has 0 radical (unpaired) electrons. The first-order valence-electron chi connectivity index (χ1n) is 13.8. The Morgan fingerprint density at radius 2 is 1.52 bits per heavy atom. The lowest BCUT2D eigenvalue weighted by atomic mass is 9.90. The second kappa shape index (κ2) is 12.8. The van der Waals surface area contributed by atoms with Crippen molar-refractivity contribution in [3.8, 4) is 0 Å². The lowest BCUT2D eigenvalue weighted by Crippen LogP contribution is -2.49. The number of aliphatic hydroxyl groups is 1. The van der Waals surface area contributed by atoms with Crippen LogP contribution in [0.3, 0.4) is 0 Å². The third-order valence-corrected chi connectivity index (χ3v) is 8.77. The minimum Gasteiger partial charge on any atom is -0.392 e. The topological polar surface area (TPSA) is 69.6 Å². The molecule has 3 aromatic carbocycles. The highest BCUT2D eigenvalue weighted by Crippen LogP contribution is 2.53. The van der Waals surface area contributed by atoms with E-state index >= 15 is 0 Å². The highest BCUT2D eigenvalue weighted by molar-refractivity contribution is 8.01. The minimum absolute atomic E-state index is 0.0390. The monoisotopic (exact) mass is 638 g/mol. The number of carbonyl (C=O) groups excluding carboxylic acids is 2. The van der Waals surface area contributed by atoms with E-state index in [1.165, 1.54) is 4.90 Å². The Morgan fingerprint density at radius 3 is 2.02 bits per heavy atom. The number of amides is 2. The molecule has 5 nitrogen and oxygen atoms in total. The second-order valence-corrected chi connectivity index (χ2v) is 12.7. The molecule has 0 bridgehead atoms. The summed E-state index contributed by atoms with van der Waals surface area (Å²) < 4.78 is 80.5. The lowest BCUT2D eigenvalue weighted by Gasteiger charge is -2.37. The molecule has 0 saturated carbocycles. The first-order valence-corrected chi connectivity index (χ1v) is 14.7. The molecule has 1 fully saturated rings. The first-order chi connectivity index (χ1) is 20.5. The molecule has 1 saturated heterocycles. The Hall–Kier alpha value is -3.51. The van der Waals surface area contributed by atoms with Gasteiger partial charge < -0.3 is 15.3 Å². The van der Waals surface area contributed by atoms with Gasteiger partial charge in [0.15, 0.2) is 0 Å². The molecule has 0 unspecified atom stereocenters. The van der Waals surface area contributed by atoms with Crippen LogP contribution in [0.2, 0.25) is 0 Å². The molecule has 1 aliphatic heterocycles. The summed E-state index contributed by atoms with van der Waals surface area (Å²) in [5, 5.41) is 12.5. The van der Waals surface area contributed by atoms with Gasteiger partial charge in [0.2, 0.25) is 11.8 Å². The number of hydrogen-bond donors (Lipinski definition) is 2. The van der Waals surface area contributed by atoms with Crippen LogP contribution in [0.15, 0.2) is 71.6 Å². The number of hydrogen-bond acceptors (Lipinski definition) is 4. The highest BCUT2D eigenvalue weighted by atomic mass is 32.2. The third-order valence-electron chi connectivity index (χ3n) is 7.34. The second-order valence-electron chi connectivity index (χ2n) is 11.3. The van der Waals surface area contributed by atoms with Crippen LogP contribution in [0.4, 0.5) is 26.3 Å². The fraction of sp³-hybridized carbons (Fsp3) is 0.375. The van der Waals surface area contributed by atoms with Gasteiger partial charge in [-0.1, -0.05) is 55.8 Å². The smallest absolute Gasteiger partial charge is 0.392 e. The number of aliphatic hydroxyl groups excluding tert-OH is 1. The summed E-state index contributed by atoms with van der Waals surface area (Å²) in [6, 6.07) is 13.8. The van der Waals surface area contributed by atoms with Crippen LogP contribution < -0.4 is 5.32 Å². The van der Waals surface area contributed by atoms with Gasteiger partial charge in [-0.25, -0.2) is 0 Å².